The van der Waals surface area contributed by atoms with E-state index < -0.39 is 0 Å². The number of benzene rings is 1. The zero-order valence-corrected chi connectivity index (χ0v) is 29.7. The van der Waals surface area contributed by atoms with E-state index >= 15 is 0 Å². The van der Waals surface area contributed by atoms with Gasteiger partial charge in [-0.05, 0) is 135 Å². The van der Waals surface area contributed by atoms with Crippen LogP contribution in [0.15, 0.2) is 39.1 Å². The van der Waals surface area contributed by atoms with Crippen LogP contribution in [0.1, 0.15) is 129 Å². The average molecular weight is 643 g/mol. The maximum Gasteiger partial charge on any atom is 0.344 e. The van der Waals surface area contributed by atoms with Gasteiger partial charge in [-0.2, -0.15) is 0 Å². The van der Waals surface area contributed by atoms with Crippen molar-refractivity contribution in [2.24, 2.45) is 46.3 Å². The van der Waals surface area contributed by atoms with E-state index in [-0.39, 0.29) is 29.7 Å². The lowest BCUT2D eigenvalue weighted by atomic mass is 9.44. The fraction of sp³-hybridized carbons (Fsp3) is 0.714. The highest BCUT2D eigenvalue weighted by molar-refractivity contribution is 5.83. The van der Waals surface area contributed by atoms with Crippen LogP contribution < -0.4 is 10.4 Å². The maximum absolute atomic E-state index is 12.9. The second kappa shape index (κ2) is 13.0. The smallest absolute Gasteiger partial charge is 0.344 e. The number of carbonyl (C=O) groups excluding carboxylic acids is 1. The molecule has 3 saturated carbocycles. The predicted octanol–water partition coefficient (Wildman–Crippen LogP) is 10.0. The van der Waals surface area contributed by atoms with Gasteiger partial charge in [0.05, 0.1) is 0 Å². The summed E-state index contributed by atoms with van der Waals surface area (Å²) in [4.78, 5) is 25.3. The Morgan fingerprint density at radius 3 is 2.66 bits per heavy atom. The van der Waals surface area contributed by atoms with Crippen LogP contribution in [0.4, 0.5) is 0 Å². The lowest BCUT2D eigenvalue weighted by Crippen LogP contribution is -2.52. The zero-order chi connectivity index (χ0) is 32.9. The summed E-state index contributed by atoms with van der Waals surface area (Å²) in [5.74, 6) is 5.20. The van der Waals surface area contributed by atoms with Crippen molar-refractivity contribution in [3.63, 3.8) is 0 Å². The van der Waals surface area contributed by atoms with Gasteiger partial charge < -0.3 is 13.9 Å². The van der Waals surface area contributed by atoms with Crippen molar-refractivity contribution in [1.29, 1.82) is 0 Å². The van der Waals surface area contributed by atoms with Gasteiger partial charge in [-0.25, -0.2) is 9.59 Å². The second-order valence-electron chi connectivity index (χ2n) is 17.3. The highest BCUT2D eigenvalue weighted by atomic mass is 16.6. The minimum Gasteiger partial charge on any atom is -0.482 e. The van der Waals surface area contributed by atoms with Crippen LogP contribution in [-0.2, 0) is 22.4 Å². The summed E-state index contributed by atoms with van der Waals surface area (Å²) in [6.45, 7) is 12.3. The number of allylic oxidation sites excluding steroid dienone is 1. The first-order valence-corrected chi connectivity index (χ1v) is 19.1. The minimum atomic E-state index is -0.327. The molecule has 0 radical (unpaired) electrons. The van der Waals surface area contributed by atoms with Crippen molar-refractivity contribution in [3.8, 4) is 5.75 Å². The van der Waals surface area contributed by atoms with E-state index in [0.29, 0.717) is 16.7 Å². The first kappa shape index (κ1) is 33.0. The van der Waals surface area contributed by atoms with Crippen LogP contribution in [0, 0.1) is 46.3 Å². The highest BCUT2D eigenvalue weighted by Crippen LogP contribution is 2.65. The van der Waals surface area contributed by atoms with Crippen molar-refractivity contribution in [2.75, 3.05) is 6.61 Å². The molecular formula is C42H58O5. The molecule has 5 aliphatic carbocycles. The molecule has 1 aromatic heterocycles. The fourth-order valence-electron chi connectivity index (χ4n) is 11.3. The molecule has 256 valence electrons. The summed E-state index contributed by atoms with van der Waals surface area (Å²) in [5, 5.41) is 0.970. The summed E-state index contributed by atoms with van der Waals surface area (Å²) in [6.07, 6.45) is 20.4. The third-order valence-electron chi connectivity index (χ3n) is 14.0. The molecular weight excluding hydrogens is 584 g/mol. The highest BCUT2D eigenvalue weighted by Gasteiger charge is 2.56. The van der Waals surface area contributed by atoms with Crippen molar-refractivity contribution < 1.29 is 18.7 Å². The molecule has 8 atom stereocenters. The van der Waals surface area contributed by atoms with Crippen LogP contribution in [-0.4, -0.2) is 18.7 Å². The van der Waals surface area contributed by atoms with Gasteiger partial charge in [0, 0.05) is 23.4 Å². The molecule has 0 spiro atoms. The molecule has 1 aromatic carbocycles. The predicted molar refractivity (Wildman–Crippen MR) is 188 cm³/mol. The van der Waals surface area contributed by atoms with Crippen LogP contribution in [0.25, 0.3) is 11.0 Å². The number of esters is 1. The Balaban J connectivity index is 0.940. The van der Waals surface area contributed by atoms with Crippen molar-refractivity contribution in [1.82, 2.24) is 0 Å². The molecule has 5 nitrogen and oxygen atoms in total. The summed E-state index contributed by atoms with van der Waals surface area (Å²) in [6, 6.07) is 5.54. The van der Waals surface area contributed by atoms with Crippen LogP contribution >= 0.6 is 0 Å². The lowest BCUT2D eigenvalue weighted by Gasteiger charge is -2.61. The number of carbonyl (C=O) groups is 1. The van der Waals surface area contributed by atoms with E-state index in [2.05, 4.69) is 40.7 Å². The van der Waals surface area contributed by atoms with Gasteiger partial charge in [0.1, 0.15) is 17.4 Å². The molecule has 3 fully saturated rings. The van der Waals surface area contributed by atoms with Gasteiger partial charge in [-0.3, -0.25) is 0 Å². The summed E-state index contributed by atoms with van der Waals surface area (Å²) in [7, 11) is 0. The third-order valence-corrected chi connectivity index (χ3v) is 14.0. The lowest BCUT2D eigenvalue weighted by molar-refractivity contribution is -0.154. The molecule has 7 rings (SSSR count). The summed E-state index contributed by atoms with van der Waals surface area (Å²) in [5.41, 5.74) is 4.46. The van der Waals surface area contributed by atoms with Crippen LogP contribution in [0.3, 0.4) is 0 Å². The monoisotopic (exact) mass is 642 g/mol. The number of fused-ring (bicyclic) bond motifs is 8. The Morgan fingerprint density at radius 1 is 1.00 bits per heavy atom. The second-order valence-corrected chi connectivity index (χ2v) is 17.3. The third kappa shape index (κ3) is 6.34. The Bertz CT molecular complexity index is 1570. The standard InChI is InChI=1S/C42H58O5/c1-26(2)8-6-9-27(3)28-12-17-36-35-15-13-29-22-31(18-21-42(29,5)37(35)19-20-41(36,4)24-28)46-39(43)25-45-30-14-16-33-32-10-7-11-34(32)40(44)47-38(33)23-30/h13-14,16,23,26-28,31,35-37H,6-12,15,17-22,24-25H2,1-5H3/t27-,28+,31-,35+,36-,37+,41+,42-/m0/s1. The minimum absolute atomic E-state index is 0.0827. The van der Waals surface area contributed by atoms with Crippen LogP contribution in [0.2, 0.25) is 0 Å². The van der Waals surface area contributed by atoms with Crippen molar-refractivity contribution in [2.45, 2.75) is 137 Å². The molecule has 0 bridgehead atoms. The molecule has 47 heavy (non-hydrogen) atoms. The largest absolute Gasteiger partial charge is 0.482 e. The molecule has 1 heterocycles. The van der Waals surface area contributed by atoms with Crippen molar-refractivity contribution in [3.05, 3.63) is 51.4 Å². The molecule has 0 N–H and O–H groups in total. The van der Waals surface area contributed by atoms with Crippen LogP contribution in [0.5, 0.6) is 5.75 Å². The normalized spacial score (nSPS) is 33.7. The average Bonchev–Trinajstić information content (AvgIpc) is 3.54. The Labute approximate surface area is 282 Å². The Morgan fingerprint density at radius 2 is 1.83 bits per heavy atom. The Kier molecular flexibility index (Phi) is 9.15. The van der Waals surface area contributed by atoms with E-state index in [1.807, 2.05) is 12.1 Å². The van der Waals surface area contributed by atoms with Crippen molar-refractivity contribution >= 4 is 16.9 Å². The van der Waals surface area contributed by atoms with E-state index in [9.17, 15) is 9.59 Å². The zero-order valence-electron chi connectivity index (χ0n) is 29.7. The van der Waals surface area contributed by atoms with E-state index in [4.69, 9.17) is 13.9 Å². The quantitative estimate of drug-likeness (QED) is 0.155. The number of ether oxygens (including phenoxy) is 2. The SMILES string of the molecule is CC(C)CCC[C@H](C)[C@@H]1CC[C@H]2[C@H]3CC=C4C[C@@H](OC(=O)COc5ccc6c7c(c(=O)oc6c5)CCC7)CC[C@]4(C)[C@@H]3CC[C@]2(C)C1. The fourth-order valence-corrected chi connectivity index (χ4v) is 11.3. The van der Waals surface area contributed by atoms with E-state index in [1.54, 1.807) is 6.07 Å². The molecule has 0 saturated heterocycles. The molecule has 0 unspecified atom stereocenters. The van der Waals surface area contributed by atoms with Gasteiger partial charge in [0.25, 0.3) is 0 Å². The van der Waals surface area contributed by atoms with Gasteiger partial charge in [-0.1, -0.05) is 65.5 Å². The molecule has 0 amide bonds. The van der Waals surface area contributed by atoms with E-state index in [1.165, 1.54) is 63.4 Å². The van der Waals surface area contributed by atoms with Gasteiger partial charge in [0.15, 0.2) is 6.61 Å². The summed E-state index contributed by atoms with van der Waals surface area (Å²) >= 11 is 0. The van der Waals surface area contributed by atoms with Gasteiger partial charge in [-0.15, -0.1) is 0 Å². The first-order chi connectivity index (χ1) is 22.5. The number of hydrogen-bond donors (Lipinski definition) is 0. The first-order valence-electron chi connectivity index (χ1n) is 19.1. The van der Waals surface area contributed by atoms with Gasteiger partial charge >= 0.3 is 11.6 Å². The molecule has 2 aromatic rings. The van der Waals surface area contributed by atoms with E-state index in [0.717, 1.165) is 90.5 Å². The number of rotatable bonds is 9. The topological polar surface area (TPSA) is 65.7 Å². The number of hydrogen-bond acceptors (Lipinski definition) is 5. The van der Waals surface area contributed by atoms with Gasteiger partial charge in [0.2, 0.25) is 0 Å². The summed E-state index contributed by atoms with van der Waals surface area (Å²) < 4.78 is 17.4. The Hall–Kier alpha value is -2.56. The molecule has 0 aliphatic heterocycles. The molecule has 5 aliphatic rings. The maximum atomic E-state index is 12.9. The molecule has 5 heteroatoms. The number of aryl methyl sites for hydroxylation is 1.